The van der Waals surface area contributed by atoms with E-state index in [0.717, 1.165) is 23.0 Å². The summed E-state index contributed by atoms with van der Waals surface area (Å²) in [6.45, 7) is -0.511. The van der Waals surface area contributed by atoms with Crippen LogP contribution in [0.15, 0.2) is 36.5 Å². The molecule has 2 aromatic carbocycles. The van der Waals surface area contributed by atoms with Crippen LogP contribution in [-0.2, 0) is 14.2 Å². The van der Waals surface area contributed by atoms with Gasteiger partial charge in [0, 0.05) is 18.1 Å². The average molecular weight is 541 g/mol. The van der Waals surface area contributed by atoms with Gasteiger partial charge in [-0.1, -0.05) is 5.21 Å². The van der Waals surface area contributed by atoms with Gasteiger partial charge in [0.2, 0.25) is 5.79 Å². The van der Waals surface area contributed by atoms with Crippen molar-refractivity contribution in [2.45, 2.75) is 43.0 Å². The number of aliphatic hydroxyl groups excluding tert-OH is 2. The number of carbonyl (C=O) groups excluding carboxylic acids is 1. The number of nitrogens with zero attached hydrogens (tertiary/aromatic N) is 3. The van der Waals surface area contributed by atoms with E-state index in [1.807, 2.05) is 0 Å². The fourth-order valence-electron chi connectivity index (χ4n) is 4.70. The van der Waals surface area contributed by atoms with Crippen molar-refractivity contribution in [3.05, 3.63) is 71.2 Å². The van der Waals surface area contributed by atoms with Gasteiger partial charge < -0.3 is 24.4 Å². The first-order chi connectivity index (χ1) is 18.1. The highest BCUT2D eigenvalue weighted by Crippen LogP contribution is 2.45. The lowest BCUT2D eigenvalue weighted by Gasteiger charge is -2.48. The molecule has 0 amide bonds. The molecule has 2 aliphatic rings. The molecular weight excluding hydrogens is 521 g/mol. The second-order valence-corrected chi connectivity index (χ2v) is 8.87. The van der Waals surface area contributed by atoms with Gasteiger partial charge >= 0.3 is 5.97 Å². The molecule has 0 radical (unpaired) electrons. The highest BCUT2D eigenvalue weighted by atomic mass is 19.2. The van der Waals surface area contributed by atoms with Gasteiger partial charge in [0.15, 0.2) is 23.6 Å². The molecule has 1 spiro atoms. The molecule has 2 saturated heterocycles. The number of benzene rings is 2. The van der Waals surface area contributed by atoms with Crippen molar-refractivity contribution in [1.29, 1.82) is 0 Å². The van der Waals surface area contributed by atoms with Crippen molar-refractivity contribution in [1.82, 2.24) is 15.0 Å². The number of ether oxygens (including phenoxy) is 3. The van der Waals surface area contributed by atoms with Crippen LogP contribution in [0.1, 0.15) is 29.2 Å². The van der Waals surface area contributed by atoms with Crippen LogP contribution in [0.4, 0.5) is 22.0 Å². The van der Waals surface area contributed by atoms with Crippen molar-refractivity contribution >= 4 is 5.97 Å². The fourth-order valence-corrected chi connectivity index (χ4v) is 4.70. The highest BCUT2D eigenvalue weighted by Gasteiger charge is 2.60. The Morgan fingerprint density at radius 3 is 2.50 bits per heavy atom. The third-order valence-corrected chi connectivity index (χ3v) is 6.50. The van der Waals surface area contributed by atoms with E-state index >= 15 is 0 Å². The molecule has 3 aromatic rings. The van der Waals surface area contributed by atoms with Gasteiger partial charge in [-0.3, -0.25) is 0 Å². The number of esters is 1. The fraction of sp³-hybridized carbons (Fsp3) is 0.375. The van der Waals surface area contributed by atoms with Crippen molar-refractivity contribution in [2.24, 2.45) is 0 Å². The molecule has 5 atom stereocenters. The molecule has 0 bridgehead atoms. The van der Waals surface area contributed by atoms with Crippen LogP contribution < -0.4 is 0 Å². The lowest BCUT2D eigenvalue weighted by molar-refractivity contribution is -0.337. The summed E-state index contributed by atoms with van der Waals surface area (Å²) in [7, 11) is 0. The molecule has 14 heteroatoms. The van der Waals surface area contributed by atoms with Gasteiger partial charge in [-0.25, -0.2) is 31.4 Å². The third-order valence-electron chi connectivity index (χ3n) is 6.50. The molecular formula is C24H20F5N3O6. The van der Waals surface area contributed by atoms with Crippen LogP contribution in [-0.4, -0.2) is 68.5 Å². The first kappa shape index (κ1) is 26.2. The number of aliphatic hydroxyl groups is 2. The molecule has 5 unspecified atom stereocenters. The lowest BCUT2D eigenvalue weighted by atomic mass is 9.88. The Labute approximate surface area is 211 Å². The van der Waals surface area contributed by atoms with E-state index in [0.29, 0.717) is 24.6 Å². The molecule has 202 valence electrons. The van der Waals surface area contributed by atoms with Gasteiger partial charge in [-0.05, 0) is 30.7 Å². The minimum absolute atomic E-state index is 0.127. The zero-order chi connectivity index (χ0) is 27.2. The maximum atomic E-state index is 14.3. The minimum atomic E-state index is -1.69. The smallest absolute Gasteiger partial charge is 0.341 e. The lowest BCUT2D eigenvalue weighted by Crippen LogP contribution is -2.63. The monoisotopic (exact) mass is 541 g/mol. The standard InChI is InChI=1S/C24H20F5N3O6/c25-12-2-3-13(14(26)8-12)23(35)37-22-20(21(34)18(10-33)38-24(22)4-1-5-36-24)32-9-17(30-31-32)11-6-15(27)19(29)16(28)7-11/h2-3,6-9,18,20-22,33-34H,1,4-5,10H2. The number of hydrogen-bond acceptors (Lipinski definition) is 8. The summed E-state index contributed by atoms with van der Waals surface area (Å²) >= 11 is 0. The van der Waals surface area contributed by atoms with Crippen molar-refractivity contribution in [3.8, 4) is 11.3 Å². The minimum Gasteiger partial charge on any atom is -0.451 e. The molecule has 38 heavy (non-hydrogen) atoms. The molecule has 0 saturated carbocycles. The Kier molecular flexibility index (Phi) is 6.90. The van der Waals surface area contributed by atoms with Crippen LogP contribution in [0, 0.1) is 29.1 Å². The largest absolute Gasteiger partial charge is 0.451 e. The topological polar surface area (TPSA) is 116 Å². The summed E-state index contributed by atoms with van der Waals surface area (Å²) in [4.78, 5) is 13.0. The van der Waals surface area contributed by atoms with Crippen LogP contribution in [0.5, 0.6) is 0 Å². The maximum absolute atomic E-state index is 14.3. The van der Waals surface area contributed by atoms with Gasteiger partial charge in [-0.15, -0.1) is 5.10 Å². The van der Waals surface area contributed by atoms with E-state index in [9.17, 15) is 37.0 Å². The molecule has 3 heterocycles. The predicted octanol–water partition coefficient (Wildman–Crippen LogP) is 2.67. The Hall–Kier alpha value is -3.46. The molecule has 2 aliphatic heterocycles. The summed E-state index contributed by atoms with van der Waals surface area (Å²) in [6, 6.07) is 2.26. The third kappa shape index (κ3) is 4.53. The van der Waals surface area contributed by atoms with Crippen molar-refractivity contribution in [2.75, 3.05) is 13.2 Å². The number of carbonyl (C=O) groups is 1. The van der Waals surface area contributed by atoms with E-state index < -0.39 is 77.4 Å². The Balaban J connectivity index is 1.56. The average Bonchev–Trinajstić information content (AvgIpc) is 3.55. The van der Waals surface area contributed by atoms with E-state index in [2.05, 4.69) is 10.3 Å². The van der Waals surface area contributed by atoms with Crippen LogP contribution in [0.3, 0.4) is 0 Å². The molecule has 9 nitrogen and oxygen atoms in total. The van der Waals surface area contributed by atoms with E-state index in [4.69, 9.17) is 14.2 Å². The first-order valence-corrected chi connectivity index (χ1v) is 11.5. The van der Waals surface area contributed by atoms with Crippen LogP contribution in [0.2, 0.25) is 0 Å². The SMILES string of the molecule is O=C(OC1C(n2cc(-c3cc(F)c(F)c(F)c3)nn2)C(O)C(CO)OC12CCCO2)c1ccc(F)cc1F. The van der Waals surface area contributed by atoms with Crippen molar-refractivity contribution < 1.29 is 51.2 Å². The Morgan fingerprint density at radius 1 is 1.13 bits per heavy atom. The van der Waals surface area contributed by atoms with Gasteiger partial charge in [0.25, 0.3) is 0 Å². The van der Waals surface area contributed by atoms with E-state index in [-0.39, 0.29) is 24.3 Å². The molecule has 0 aliphatic carbocycles. The summed E-state index contributed by atoms with van der Waals surface area (Å²) in [6.07, 6.45) is -2.60. The number of hydrogen-bond donors (Lipinski definition) is 2. The Bertz CT molecular complexity index is 1340. The van der Waals surface area contributed by atoms with Gasteiger partial charge in [0.1, 0.15) is 35.6 Å². The van der Waals surface area contributed by atoms with Crippen LogP contribution >= 0.6 is 0 Å². The predicted molar refractivity (Wildman–Crippen MR) is 116 cm³/mol. The summed E-state index contributed by atoms with van der Waals surface area (Å²) in [5, 5.41) is 28.6. The number of aromatic nitrogens is 3. The zero-order valence-corrected chi connectivity index (χ0v) is 19.4. The van der Waals surface area contributed by atoms with E-state index in [1.165, 1.54) is 0 Å². The number of rotatable bonds is 5. The quantitative estimate of drug-likeness (QED) is 0.288. The maximum Gasteiger partial charge on any atom is 0.341 e. The van der Waals surface area contributed by atoms with Crippen LogP contribution in [0.25, 0.3) is 11.3 Å². The summed E-state index contributed by atoms with van der Waals surface area (Å²) < 4.78 is 86.9. The normalized spacial score (nSPS) is 27.1. The molecule has 2 fully saturated rings. The first-order valence-electron chi connectivity index (χ1n) is 11.5. The second kappa shape index (κ2) is 10.0. The molecule has 2 N–H and O–H groups in total. The highest BCUT2D eigenvalue weighted by molar-refractivity contribution is 5.89. The van der Waals surface area contributed by atoms with Crippen molar-refractivity contribution in [3.63, 3.8) is 0 Å². The summed E-state index contributed by atoms with van der Waals surface area (Å²) in [5.41, 5.74) is -0.909. The zero-order valence-electron chi connectivity index (χ0n) is 19.4. The van der Waals surface area contributed by atoms with Gasteiger partial charge in [0.05, 0.1) is 25.0 Å². The second-order valence-electron chi connectivity index (χ2n) is 8.87. The molecule has 5 rings (SSSR count). The van der Waals surface area contributed by atoms with E-state index in [1.54, 1.807) is 0 Å². The summed E-state index contributed by atoms with van der Waals surface area (Å²) in [5.74, 6) is -9.63. The number of halogens is 5. The van der Waals surface area contributed by atoms with Gasteiger partial charge in [-0.2, -0.15) is 0 Å². The molecule has 1 aromatic heterocycles. The Morgan fingerprint density at radius 2 is 1.87 bits per heavy atom.